The number of imide groups is 1. The van der Waals surface area contributed by atoms with Crippen molar-refractivity contribution in [2.75, 3.05) is 13.2 Å². The molecule has 2 fully saturated rings. The van der Waals surface area contributed by atoms with Crippen molar-refractivity contribution < 1.29 is 14.7 Å². The van der Waals surface area contributed by atoms with Crippen molar-refractivity contribution in [2.24, 2.45) is 23.2 Å². The van der Waals surface area contributed by atoms with E-state index < -0.39 is 0 Å². The zero-order chi connectivity index (χ0) is 13.5. The molecule has 2 amide bonds. The molecule has 1 aliphatic carbocycles. The summed E-state index contributed by atoms with van der Waals surface area (Å²) in [7, 11) is 0. The predicted octanol–water partition coefficient (Wildman–Crippen LogP) is 1.43. The number of amides is 2. The third kappa shape index (κ3) is 2.30. The van der Waals surface area contributed by atoms with E-state index in [-0.39, 0.29) is 35.7 Å². The molecule has 1 N–H and O–H groups in total. The first-order chi connectivity index (χ1) is 8.35. The number of hydrogen-bond donors (Lipinski definition) is 1. The molecular formula is C14H23NO3. The Hall–Kier alpha value is -0.900. The molecule has 0 aromatic heterocycles. The summed E-state index contributed by atoms with van der Waals surface area (Å²) < 4.78 is 0. The molecule has 4 heteroatoms. The van der Waals surface area contributed by atoms with Crippen molar-refractivity contribution in [1.82, 2.24) is 4.90 Å². The fourth-order valence-corrected chi connectivity index (χ4v) is 3.31. The Kier molecular flexibility index (Phi) is 3.49. The quantitative estimate of drug-likeness (QED) is 0.771. The van der Waals surface area contributed by atoms with E-state index in [4.69, 9.17) is 5.11 Å². The zero-order valence-corrected chi connectivity index (χ0v) is 11.5. The molecule has 18 heavy (non-hydrogen) atoms. The van der Waals surface area contributed by atoms with Gasteiger partial charge < -0.3 is 5.11 Å². The van der Waals surface area contributed by atoms with Crippen LogP contribution >= 0.6 is 0 Å². The van der Waals surface area contributed by atoms with E-state index >= 15 is 0 Å². The summed E-state index contributed by atoms with van der Waals surface area (Å²) in [6.07, 6.45) is 2.31. The molecule has 2 atom stereocenters. The first-order valence-electron chi connectivity index (χ1n) is 6.82. The van der Waals surface area contributed by atoms with Crippen LogP contribution in [0.5, 0.6) is 0 Å². The van der Waals surface area contributed by atoms with Crippen LogP contribution in [0.25, 0.3) is 0 Å². The van der Waals surface area contributed by atoms with E-state index in [0.717, 1.165) is 12.8 Å². The van der Waals surface area contributed by atoms with E-state index in [1.165, 1.54) is 4.90 Å². The van der Waals surface area contributed by atoms with Crippen LogP contribution in [0.3, 0.4) is 0 Å². The number of aliphatic hydroxyl groups excluding tert-OH is 1. The minimum atomic E-state index is -0.204. The van der Waals surface area contributed by atoms with Gasteiger partial charge >= 0.3 is 0 Å². The molecule has 1 aliphatic heterocycles. The molecule has 0 radical (unpaired) electrons. The van der Waals surface area contributed by atoms with Crippen LogP contribution < -0.4 is 0 Å². The molecule has 1 saturated carbocycles. The third-order valence-corrected chi connectivity index (χ3v) is 4.34. The van der Waals surface area contributed by atoms with Crippen LogP contribution in [0, 0.1) is 23.2 Å². The molecule has 2 aliphatic rings. The normalized spacial score (nSPS) is 32.2. The maximum Gasteiger partial charge on any atom is 0.233 e. The maximum absolute atomic E-state index is 12.3. The fourth-order valence-electron chi connectivity index (χ4n) is 3.31. The first-order valence-corrected chi connectivity index (χ1v) is 6.82. The molecule has 1 saturated heterocycles. The first kappa shape index (κ1) is 13.5. The molecule has 0 aromatic carbocycles. The van der Waals surface area contributed by atoms with Gasteiger partial charge in [0, 0.05) is 13.2 Å². The van der Waals surface area contributed by atoms with Gasteiger partial charge in [-0.2, -0.15) is 0 Å². The maximum atomic E-state index is 12.3. The van der Waals surface area contributed by atoms with E-state index in [1.54, 1.807) is 0 Å². The second kappa shape index (κ2) is 4.65. The number of carbonyl (C=O) groups is 2. The van der Waals surface area contributed by atoms with E-state index in [2.05, 4.69) is 6.92 Å². The van der Waals surface area contributed by atoms with Gasteiger partial charge in [-0.05, 0) is 30.6 Å². The van der Waals surface area contributed by atoms with Crippen LogP contribution in [0.2, 0.25) is 0 Å². The molecular weight excluding hydrogens is 230 g/mol. The van der Waals surface area contributed by atoms with Gasteiger partial charge in [0.2, 0.25) is 11.8 Å². The highest BCUT2D eigenvalue weighted by molar-refractivity contribution is 6.05. The topological polar surface area (TPSA) is 57.6 Å². The second-order valence-electron chi connectivity index (χ2n) is 6.69. The average Bonchev–Trinajstić information content (AvgIpc) is 2.73. The van der Waals surface area contributed by atoms with Crippen molar-refractivity contribution in [3.8, 4) is 0 Å². The second-order valence-corrected chi connectivity index (χ2v) is 6.69. The molecule has 1 heterocycles. The lowest BCUT2D eigenvalue weighted by molar-refractivity contribution is -0.142. The Morgan fingerprint density at radius 3 is 2.17 bits per heavy atom. The van der Waals surface area contributed by atoms with E-state index in [9.17, 15) is 9.59 Å². The lowest BCUT2D eigenvalue weighted by Crippen LogP contribution is -2.40. The van der Waals surface area contributed by atoms with Crippen LogP contribution in [0.1, 0.15) is 40.0 Å². The summed E-state index contributed by atoms with van der Waals surface area (Å²) in [6.45, 7) is 6.61. The number of likely N-dealkylation sites (tertiary alicyclic amines) is 1. The van der Waals surface area contributed by atoms with Crippen molar-refractivity contribution in [2.45, 2.75) is 40.0 Å². The van der Waals surface area contributed by atoms with Crippen LogP contribution in [0.4, 0.5) is 0 Å². The summed E-state index contributed by atoms with van der Waals surface area (Å²) in [4.78, 5) is 26.0. The fraction of sp³-hybridized carbons (Fsp3) is 0.857. The smallest absolute Gasteiger partial charge is 0.233 e. The standard InChI is InChI=1S/C14H23NO3/c1-9-6-10-11(7-9)13(18)15(12(10)17)8-14(2,3)4-5-16/h9-11,16H,4-8H2,1-3H3. The van der Waals surface area contributed by atoms with Crippen LogP contribution in [-0.4, -0.2) is 35.0 Å². The number of fused-ring (bicyclic) bond motifs is 1. The number of aliphatic hydroxyl groups is 1. The SMILES string of the molecule is CC1CC2C(=O)N(CC(C)(C)CCO)C(=O)C2C1. The molecule has 4 nitrogen and oxygen atoms in total. The number of nitrogens with zero attached hydrogens (tertiary/aromatic N) is 1. The summed E-state index contributed by atoms with van der Waals surface area (Å²) in [5, 5.41) is 9.02. The van der Waals surface area contributed by atoms with Crippen molar-refractivity contribution >= 4 is 11.8 Å². The minimum absolute atomic E-state index is 0.0142. The highest BCUT2D eigenvalue weighted by Gasteiger charge is 2.52. The highest BCUT2D eigenvalue weighted by Crippen LogP contribution is 2.43. The van der Waals surface area contributed by atoms with Crippen molar-refractivity contribution in [1.29, 1.82) is 0 Å². The Morgan fingerprint density at radius 2 is 1.72 bits per heavy atom. The zero-order valence-electron chi connectivity index (χ0n) is 11.5. The van der Waals surface area contributed by atoms with E-state index in [1.807, 2.05) is 13.8 Å². The van der Waals surface area contributed by atoms with Crippen LogP contribution in [0.15, 0.2) is 0 Å². The number of rotatable bonds is 4. The minimum Gasteiger partial charge on any atom is -0.396 e. The summed E-state index contributed by atoms with van der Waals surface area (Å²) in [6, 6.07) is 0. The molecule has 2 unspecified atom stereocenters. The molecule has 2 rings (SSSR count). The Bertz CT molecular complexity index is 340. The Labute approximate surface area is 108 Å². The monoisotopic (exact) mass is 253 g/mol. The van der Waals surface area contributed by atoms with E-state index in [0.29, 0.717) is 18.9 Å². The van der Waals surface area contributed by atoms with Gasteiger partial charge in [0.15, 0.2) is 0 Å². The van der Waals surface area contributed by atoms with Crippen molar-refractivity contribution in [3.05, 3.63) is 0 Å². The predicted molar refractivity (Wildman–Crippen MR) is 67.6 cm³/mol. The molecule has 102 valence electrons. The Balaban J connectivity index is 2.08. The summed E-state index contributed by atoms with van der Waals surface area (Å²) >= 11 is 0. The summed E-state index contributed by atoms with van der Waals surface area (Å²) in [5.41, 5.74) is -0.204. The van der Waals surface area contributed by atoms with Crippen molar-refractivity contribution in [3.63, 3.8) is 0 Å². The molecule has 0 spiro atoms. The average molecular weight is 253 g/mol. The van der Waals surface area contributed by atoms with Gasteiger partial charge in [-0.15, -0.1) is 0 Å². The Morgan fingerprint density at radius 1 is 1.22 bits per heavy atom. The molecule has 0 bridgehead atoms. The summed E-state index contributed by atoms with van der Waals surface area (Å²) in [5.74, 6) is 0.371. The largest absolute Gasteiger partial charge is 0.396 e. The van der Waals surface area contributed by atoms with Gasteiger partial charge in [-0.1, -0.05) is 20.8 Å². The van der Waals surface area contributed by atoms with Gasteiger partial charge in [0.05, 0.1) is 11.8 Å². The molecule has 0 aromatic rings. The van der Waals surface area contributed by atoms with Gasteiger partial charge in [0.1, 0.15) is 0 Å². The third-order valence-electron chi connectivity index (χ3n) is 4.34. The van der Waals surface area contributed by atoms with Crippen LogP contribution in [-0.2, 0) is 9.59 Å². The lowest BCUT2D eigenvalue weighted by atomic mass is 9.89. The van der Waals surface area contributed by atoms with Gasteiger partial charge in [-0.3, -0.25) is 14.5 Å². The highest BCUT2D eigenvalue weighted by atomic mass is 16.3. The number of carbonyl (C=O) groups excluding carboxylic acids is 2. The van der Waals surface area contributed by atoms with Gasteiger partial charge in [-0.25, -0.2) is 0 Å². The number of hydrogen-bond acceptors (Lipinski definition) is 3. The van der Waals surface area contributed by atoms with Gasteiger partial charge in [0.25, 0.3) is 0 Å². The lowest BCUT2D eigenvalue weighted by Gasteiger charge is -2.29.